The third-order valence-corrected chi connectivity index (χ3v) is 5.52. The van der Waals surface area contributed by atoms with Crippen LogP contribution in [0.5, 0.6) is 0 Å². The number of esters is 2. The zero-order valence-corrected chi connectivity index (χ0v) is 17.0. The lowest BCUT2D eigenvalue weighted by atomic mass is 9.91. The molecule has 2 rings (SSSR count). The van der Waals surface area contributed by atoms with Gasteiger partial charge in [0.15, 0.2) is 6.29 Å². The Kier molecular flexibility index (Phi) is 9.95. The van der Waals surface area contributed by atoms with Gasteiger partial charge in [-0.2, -0.15) is 0 Å². The van der Waals surface area contributed by atoms with Gasteiger partial charge in [0.05, 0.1) is 13.2 Å². The molecule has 1 unspecified atom stereocenters. The minimum atomic E-state index is -0.316. The molecule has 0 aromatic carbocycles. The summed E-state index contributed by atoms with van der Waals surface area (Å²) in [7, 11) is 1.39. The number of aliphatic hydroxyl groups is 1. The van der Waals surface area contributed by atoms with Crippen LogP contribution in [-0.2, 0) is 28.5 Å². The van der Waals surface area contributed by atoms with Gasteiger partial charge in [-0.3, -0.25) is 9.59 Å². The average Bonchev–Trinajstić information content (AvgIpc) is 3.00. The molecule has 28 heavy (non-hydrogen) atoms. The maximum atomic E-state index is 11.5. The highest BCUT2D eigenvalue weighted by Crippen LogP contribution is 2.40. The van der Waals surface area contributed by atoms with Crippen molar-refractivity contribution in [1.29, 1.82) is 0 Å². The van der Waals surface area contributed by atoms with Gasteiger partial charge < -0.3 is 24.1 Å². The van der Waals surface area contributed by atoms with Gasteiger partial charge in [-0.15, -0.1) is 0 Å². The molecule has 0 aromatic rings. The number of ether oxygens (including phenoxy) is 4. The molecule has 160 valence electrons. The fourth-order valence-corrected chi connectivity index (χ4v) is 4.07. The molecule has 0 spiro atoms. The number of allylic oxidation sites excluding steroid dienone is 2. The number of rotatable bonds is 10. The number of carbonyl (C=O) groups excluding carboxylic acids is 2. The molecule has 1 saturated carbocycles. The first kappa shape index (κ1) is 22.8. The molecule has 1 aliphatic carbocycles. The lowest BCUT2D eigenvalue weighted by Crippen LogP contribution is -2.33. The molecule has 1 N–H and O–H groups in total. The molecule has 5 atom stereocenters. The monoisotopic (exact) mass is 398 g/mol. The van der Waals surface area contributed by atoms with E-state index in [9.17, 15) is 14.7 Å². The van der Waals surface area contributed by atoms with Crippen LogP contribution in [0.4, 0.5) is 0 Å². The molecule has 0 bridgehead atoms. The maximum Gasteiger partial charge on any atom is 0.305 e. The quantitative estimate of drug-likeness (QED) is 0.344. The van der Waals surface area contributed by atoms with Crippen LogP contribution in [0.25, 0.3) is 0 Å². The number of methoxy groups -OCH3 is 1. The summed E-state index contributed by atoms with van der Waals surface area (Å²) in [5.74, 6) is -0.623. The molecule has 1 saturated heterocycles. The zero-order valence-electron chi connectivity index (χ0n) is 17.0. The summed E-state index contributed by atoms with van der Waals surface area (Å²) in [5, 5.41) is 9.98. The Morgan fingerprint density at radius 2 is 2.00 bits per heavy atom. The molecule has 7 heteroatoms. The average molecular weight is 398 g/mol. The van der Waals surface area contributed by atoms with E-state index in [-0.39, 0.29) is 48.9 Å². The van der Waals surface area contributed by atoms with Gasteiger partial charge in [-0.1, -0.05) is 12.2 Å². The molecule has 0 radical (unpaired) electrons. The Morgan fingerprint density at radius 1 is 1.18 bits per heavy atom. The number of aliphatic hydroxyl groups excluding tert-OH is 1. The molecule has 1 aliphatic heterocycles. The van der Waals surface area contributed by atoms with Crippen molar-refractivity contribution < 1.29 is 33.6 Å². The Balaban J connectivity index is 1.91. The fourth-order valence-electron chi connectivity index (χ4n) is 4.07. The second-order valence-corrected chi connectivity index (χ2v) is 7.54. The van der Waals surface area contributed by atoms with E-state index in [0.717, 1.165) is 32.1 Å². The maximum absolute atomic E-state index is 11.5. The molecular weight excluding hydrogens is 364 g/mol. The van der Waals surface area contributed by atoms with Crippen molar-refractivity contribution in [3.63, 3.8) is 0 Å². The van der Waals surface area contributed by atoms with E-state index < -0.39 is 0 Å². The molecular formula is C21H34O7. The van der Waals surface area contributed by atoms with E-state index in [1.807, 2.05) is 12.2 Å². The van der Waals surface area contributed by atoms with Crippen molar-refractivity contribution in [2.24, 2.45) is 11.8 Å². The summed E-state index contributed by atoms with van der Waals surface area (Å²) in [5.41, 5.74) is 0. The summed E-state index contributed by atoms with van der Waals surface area (Å²) < 4.78 is 22.0. The predicted molar refractivity (Wildman–Crippen MR) is 102 cm³/mol. The molecule has 7 nitrogen and oxygen atoms in total. The Bertz CT molecular complexity index is 513. The summed E-state index contributed by atoms with van der Waals surface area (Å²) in [6.07, 6.45) is 9.53. The van der Waals surface area contributed by atoms with E-state index >= 15 is 0 Å². The summed E-state index contributed by atoms with van der Waals surface area (Å²) in [6, 6.07) is 0. The topological polar surface area (TPSA) is 91.3 Å². The SMILES string of the molecule is COC(=O)CCCC=CC[C@H]1[C@@H](CO)[C@@H](OC2CCCCO2)C[C@H]1OC(C)=O. The standard InChI is InChI=1S/C21H34O7/c1-15(23)27-18-13-19(28-21-11-7-8-12-26-21)17(14-22)16(18)9-5-3-4-6-10-20(24)25-2/h3,5,16-19,21-22H,4,6-14H2,1-2H3/t16-,17+,18+,19-,21?/m0/s1. The van der Waals surface area contributed by atoms with Gasteiger partial charge in [0.2, 0.25) is 0 Å². The van der Waals surface area contributed by atoms with Gasteiger partial charge in [0.25, 0.3) is 0 Å². The van der Waals surface area contributed by atoms with Crippen molar-refractivity contribution in [1.82, 2.24) is 0 Å². The Hall–Kier alpha value is -1.44. The third kappa shape index (κ3) is 7.18. The lowest BCUT2D eigenvalue weighted by molar-refractivity contribution is -0.198. The summed E-state index contributed by atoms with van der Waals surface area (Å²) >= 11 is 0. The van der Waals surface area contributed by atoms with Crippen molar-refractivity contribution in [2.75, 3.05) is 20.3 Å². The van der Waals surface area contributed by atoms with Gasteiger partial charge >= 0.3 is 11.9 Å². The van der Waals surface area contributed by atoms with Crippen LogP contribution in [0.1, 0.15) is 58.3 Å². The number of hydrogen-bond donors (Lipinski definition) is 1. The number of hydrogen-bond acceptors (Lipinski definition) is 7. The van der Waals surface area contributed by atoms with Crippen LogP contribution in [0, 0.1) is 11.8 Å². The molecule has 2 fully saturated rings. The van der Waals surface area contributed by atoms with Crippen LogP contribution in [0.3, 0.4) is 0 Å². The van der Waals surface area contributed by atoms with E-state index in [0.29, 0.717) is 25.9 Å². The van der Waals surface area contributed by atoms with E-state index in [4.69, 9.17) is 14.2 Å². The van der Waals surface area contributed by atoms with Crippen LogP contribution in [0.2, 0.25) is 0 Å². The van der Waals surface area contributed by atoms with E-state index in [1.54, 1.807) is 0 Å². The van der Waals surface area contributed by atoms with Crippen molar-refractivity contribution in [3.8, 4) is 0 Å². The zero-order chi connectivity index (χ0) is 20.4. The van der Waals surface area contributed by atoms with Crippen molar-refractivity contribution in [3.05, 3.63) is 12.2 Å². The first-order valence-electron chi connectivity index (χ1n) is 10.3. The molecule has 1 heterocycles. The normalized spacial score (nSPS) is 30.5. The van der Waals surface area contributed by atoms with Crippen LogP contribution >= 0.6 is 0 Å². The first-order chi connectivity index (χ1) is 13.5. The van der Waals surface area contributed by atoms with Gasteiger partial charge in [0, 0.05) is 44.8 Å². The van der Waals surface area contributed by atoms with Gasteiger partial charge in [-0.25, -0.2) is 0 Å². The minimum absolute atomic E-state index is 0.000604. The summed E-state index contributed by atoms with van der Waals surface area (Å²) in [4.78, 5) is 22.7. The first-order valence-corrected chi connectivity index (χ1v) is 10.3. The fraction of sp³-hybridized carbons (Fsp3) is 0.810. The Labute approximate surface area is 167 Å². The van der Waals surface area contributed by atoms with Crippen LogP contribution in [0.15, 0.2) is 12.2 Å². The molecule has 0 aromatic heterocycles. The second kappa shape index (κ2) is 12.2. The number of unbranched alkanes of at least 4 members (excludes halogenated alkanes) is 1. The largest absolute Gasteiger partial charge is 0.469 e. The smallest absolute Gasteiger partial charge is 0.305 e. The third-order valence-electron chi connectivity index (χ3n) is 5.52. The second-order valence-electron chi connectivity index (χ2n) is 7.54. The Morgan fingerprint density at radius 3 is 2.64 bits per heavy atom. The van der Waals surface area contributed by atoms with Gasteiger partial charge in [-0.05, 0) is 38.5 Å². The predicted octanol–water partition coefficient (Wildman–Crippen LogP) is 2.75. The minimum Gasteiger partial charge on any atom is -0.469 e. The number of carbonyl (C=O) groups is 2. The van der Waals surface area contributed by atoms with Gasteiger partial charge in [0.1, 0.15) is 6.10 Å². The van der Waals surface area contributed by atoms with Crippen LogP contribution < -0.4 is 0 Å². The van der Waals surface area contributed by atoms with Crippen LogP contribution in [-0.4, -0.2) is 55.9 Å². The highest BCUT2D eigenvalue weighted by atomic mass is 16.7. The van der Waals surface area contributed by atoms with Crippen molar-refractivity contribution >= 4 is 11.9 Å². The summed E-state index contributed by atoms with van der Waals surface area (Å²) in [6.45, 7) is 2.09. The molecule has 2 aliphatic rings. The van der Waals surface area contributed by atoms with Crippen molar-refractivity contribution in [2.45, 2.75) is 76.8 Å². The molecule has 0 amide bonds. The highest BCUT2D eigenvalue weighted by Gasteiger charge is 2.45. The lowest BCUT2D eigenvalue weighted by Gasteiger charge is -2.29. The highest BCUT2D eigenvalue weighted by molar-refractivity contribution is 5.69. The van der Waals surface area contributed by atoms with E-state index in [2.05, 4.69) is 4.74 Å². The van der Waals surface area contributed by atoms with E-state index in [1.165, 1.54) is 14.0 Å².